The predicted molar refractivity (Wildman–Crippen MR) is 120 cm³/mol. The quantitative estimate of drug-likeness (QED) is 0.676. The number of rotatable bonds is 3. The molecule has 0 saturated carbocycles. The van der Waals surface area contributed by atoms with Gasteiger partial charge in [-0.3, -0.25) is 14.7 Å². The fourth-order valence-electron chi connectivity index (χ4n) is 4.89. The van der Waals surface area contributed by atoms with Crippen molar-refractivity contribution < 1.29 is 4.39 Å². The number of piperazine rings is 1. The third-order valence-corrected chi connectivity index (χ3v) is 6.47. The number of anilines is 2. The first kappa shape index (κ1) is 19.9. The fourth-order valence-corrected chi connectivity index (χ4v) is 4.89. The second kappa shape index (κ2) is 7.92. The summed E-state index contributed by atoms with van der Waals surface area (Å²) in [6.45, 7) is 7.39. The first-order chi connectivity index (χ1) is 15.0. The molecule has 31 heavy (non-hydrogen) atoms. The Balaban J connectivity index is 1.41. The lowest BCUT2D eigenvalue weighted by Gasteiger charge is -2.44. The fraction of sp³-hybridized carbons (Fsp3) is 0.435. The maximum Gasteiger partial charge on any atom is 0.253 e. The van der Waals surface area contributed by atoms with Gasteiger partial charge in [-0.15, -0.1) is 0 Å². The molecule has 2 N–H and O–H groups in total. The van der Waals surface area contributed by atoms with Crippen LogP contribution in [0.4, 0.5) is 15.9 Å². The second-order valence-electron chi connectivity index (χ2n) is 8.68. The molecule has 4 heterocycles. The smallest absolute Gasteiger partial charge is 0.253 e. The van der Waals surface area contributed by atoms with E-state index in [4.69, 9.17) is 0 Å². The Morgan fingerprint density at radius 1 is 1.19 bits per heavy atom. The van der Waals surface area contributed by atoms with Gasteiger partial charge in [0.1, 0.15) is 11.6 Å². The van der Waals surface area contributed by atoms with Gasteiger partial charge in [0.05, 0.1) is 22.8 Å². The minimum absolute atomic E-state index is 0.120. The summed E-state index contributed by atoms with van der Waals surface area (Å²) in [7, 11) is 0. The molecular weight excluding hydrogens is 395 g/mol. The predicted octanol–water partition coefficient (Wildman–Crippen LogP) is 2.91. The minimum atomic E-state index is -0.284. The Morgan fingerprint density at radius 2 is 2.06 bits per heavy atom. The van der Waals surface area contributed by atoms with Gasteiger partial charge in [-0.2, -0.15) is 0 Å². The largest absolute Gasteiger partial charge is 0.384 e. The number of aromatic nitrogens is 3. The first-order valence-electron chi connectivity index (χ1n) is 10.9. The van der Waals surface area contributed by atoms with E-state index in [-0.39, 0.29) is 23.5 Å². The number of hydrogen-bond acceptors (Lipinski definition) is 6. The van der Waals surface area contributed by atoms with Crippen LogP contribution < -0.4 is 15.8 Å². The van der Waals surface area contributed by atoms with Crippen molar-refractivity contribution >= 4 is 22.4 Å². The van der Waals surface area contributed by atoms with Crippen molar-refractivity contribution in [2.45, 2.75) is 45.3 Å². The Morgan fingerprint density at radius 3 is 2.87 bits per heavy atom. The molecule has 0 spiro atoms. The van der Waals surface area contributed by atoms with Crippen molar-refractivity contribution in [3.63, 3.8) is 0 Å². The Labute approximate surface area is 180 Å². The van der Waals surface area contributed by atoms with E-state index in [1.54, 1.807) is 24.7 Å². The highest BCUT2D eigenvalue weighted by atomic mass is 19.1. The number of hydrogen-bond donors (Lipinski definition) is 2. The standard InChI is InChI=1S/C23H27FN6O/c1-14-12-30(20-10-25-6-7-26-20)15(2)11-29(14)13-16-8-18(24)21-19(9-16)28-23(31)17-4-3-5-27-22(17)21/h6-10,14-15,27H,3-5,11-13H2,1-2H3,(H,28,31)/t14-,15-/m0/s1. The van der Waals surface area contributed by atoms with Gasteiger partial charge in [0.2, 0.25) is 0 Å². The lowest BCUT2D eigenvalue weighted by atomic mass is 9.99. The van der Waals surface area contributed by atoms with Crippen LogP contribution in [0.15, 0.2) is 35.5 Å². The Hall–Kier alpha value is -3.00. The van der Waals surface area contributed by atoms with Crippen LogP contribution in [-0.4, -0.2) is 51.6 Å². The molecule has 5 rings (SSSR count). The molecule has 2 aliphatic rings. The average Bonchev–Trinajstić information content (AvgIpc) is 2.76. The molecule has 2 aromatic heterocycles. The van der Waals surface area contributed by atoms with Gasteiger partial charge in [0.25, 0.3) is 5.56 Å². The summed E-state index contributed by atoms with van der Waals surface area (Å²) in [5.41, 5.74) is 2.63. The number of benzene rings is 1. The summed E-state index contributed by atoms with van der Waals surface area (Å²) < 4.78 is 15.2. The number of pyridine rings is 1. The summed E-state index contributed by atoms with van der Waals surface area (Å²) in [5, 5.41) is 3.73. The highest BCUT2D eigenvalue weighted by Gasteiger charge is 2.30. The number of aromatic amines is 1. The van der Waals surface area contributed by atoms with Crippen molar-refractivity contribution in [3.05, 3.63) is 58.0 Å². The summed E-state index contributed by atoms with van der Waals surface area (Å²) in [6, 6.07) is 4.06. The summed E-state index contributed by atoms with van der Waals surface area (Å²) >= 11 is 0. The topological polar surface area (TPSA) is 77.2 Å². The lowest BCUT2D eigenvalue weighted by molar-refractivity contribution is 0.157. The van der Waals surface area contributed by atoms with Gasteiger partial charge in [0.15, 0.2) is 0 Å². The number of fused-ring (bicyclic) bond motifs is 3. The van der Waals surface area contributed by atoms with Crippen LogP contribution in [0.25, 0.3) is 10.9 Å². The summed E-state index contributed by atoms with van der Waals surface area (Å²) in [4.78, 5) is 28.7. The number of nitrogens with zero attached hydrogens (tertiary/aromatic N) is 4. The zero-order valence-electron chi connectivity index (χ0n) is 17.9. The van der Waals surface area contributed by atoms with Crippen LogP contribution in [0.3, 0.4) is 0 Å². The van der Waals surface area contributed by atoms with Crippen LogP contribution in [-0.2, 0) is 13.0 Å². The molecule has 0 unspecified atom stereocenters. The minimum Gasteiger partial charge on any atom is -0.384 e. The highest BCUT2D eigenvalue weighted by Crippen LogP contribution is 2.31. The SMILES string of the molecule is C[C@H]1CN(c2cnccn2)[C@@H](C)CN1Cc1cc(F)c2c3c(c(=O)[nH]c2c1)CCCN3. The first-order valence-corrected chi connectivity index (χ1v) is 10.9. The van der Waals surface area contributed by atoms with Crippen LogP contribution >= 0.6 is 0 Å². The molecule has 8 heteroatoms. The zero-order valence-corrected chi connectivity index (χ0v) is 17.9. The van der Waals surface area contributed by atoms with E-state index in [2.05, 4.69) is 43.9 Å². The van der Waals surface area contributed by atoms with E-state index >= 15 is 4.39 Å². The molecule has 0 aliphatic carbocycles. The van der Waals surface area contributed by atoms with Gasteiger partial charge in [-0.05, 0) is 44.4 Å². The van der Waals surface area contributed by atoms with E-state index in [1.807, 2.05) is 6.07 Å². The van der Waals surface area contributed by atoms with Gasteiger partial charge < -0.3 is 15.2 Å². The molecule has 1 fully saturated rings. The van der Waals surface area contributed by atoms with Crippen molar-refractivity contribution in [1.82, 2.24) is 19.9 Å². The molecule has 1 aromatic carbocycles. The molecule has 0 amide bonds. The Kier molecular flexibility index (Phi) is 5.09. The normalized spacial score (nSPS) is 21.7. The molecule has 0 bridgehead atoms. The average molecular weight is 423 g/mol. The molecule has 162 valence electrons. The van der Waals surface area contributed by atoms with Crippen molar-refractivity contribution in [2.75, 3.05) is 29.9 Å². The van der Waals surface area contributed by atoms with E-state index in [1.165, 1.54) is 0 Å². The maximum atomic E-state index is 15.2. The third-order valence-electron chi connectivity index (χ3n) is 6.47. The molecule has 3 aromatic rings. The van der Waals surface area contributed by atoms with E-state index in [0.29, 0.717) is 35.1 Å². The molecule has 1 saturated heterocycles. The molecule has 7 nitrogen and oxygen atoms in total. The summed E-state index contributed by atoms with van der Waals surface area (Å²) in [5.74, 6) is 0.599. The van der Waals surface area contributed by atoms with E-state index in [9.17, 15) is 4.79 Å². The van der Waals surface area contributed by atoms with Crippen LogP contribution in [0.5, 0.6) is 0 Å². The van der Waals surface area contributed by atoms with Crippen molar-refractivity contribution in [1.29, 1.82) is 0 Å². The monoisotopic (exact) mass is 422 g/mol. The van der Waals surface area contributed by atoms with Crippen LogP contribution in [0.1, 0.15) is 31.4 Å². The van der Waals surface area contributed by atoms with Crippen LogP contribution in [0, 0.1) is 5.82 Å². The van der Waals surface area contributed by atoms with Crippen molar-refractivity contribution in [2.24, 2.45) is 0 Å². The number of nitrogens with one attached hydrogen (secondary N) is 2. The Bertz CT molecular complexity index is 1160. The maximum absolute atomic E-state index is 15.2. The van der Waals surface area contributed by atoms with Crippen molar-refractivity contribution in [3.8, 4) is 0 Å². The zero-order chi connectivity index (χ0) is 21.5. The van der Waals surface area contributed by atoms with Crippen LogP contribution in [0.2, 0.25) is 0 Å². The van der Waals surface area contributed by atoms with Gasteiger partial charge in [-0.1, -0.05) is 0 Å². The van der Waals surface area contributed by atoms with Gasteiger partial charge >= 0.3 is 0 Å². The molecule has 2 atom stereocenters. The highest BCUT2D eigenvalue weighted by molar-refractivity contribution is 5.94. The van der Waals surface area contributed by atoms with E-state index < -0.39 is 0 Å². The molecular formula is C23H27FN6O. The van der Waals surface area contributed by atoms with Gasteiger partial charge in [-0.25, -0.2) is 9.37 Å². The number of halogens is 1. The molecule has 0 radical (unpaired) electrons. The molecule has 2 aliphatic heterocycles. The third kappa shape index (κ3) is 3.65. The van der Waals surface area contributed by atoms with E-state index in [0.717, 1.165) is 37.4 Å². The van der Waals surface area contributed by atoms with Gasteiger partial charge in [0, 0.05) is 56.2 Å². The second-order valence-corrected chi connectivity index (χ2v) is 8.68. The summed E-state index contributed by atoms with van der Waals surface area (Å²) in [6.07, 6.45) is 6.76. The lowest BCUT2D eigenvalue weighted by Crippen LogP contribution is -2.56. The number of H-pyrrole nitrogens is 1.